The molecule has 0 fully saturated rings. The molecule has 0 aliphatic carbocycles. The Morgan fingerprint density at radius 3 is 3.00 bits per heavy atom. The topological polar surface area (TPSA) is 22.0 Å². The molecule has 2 rings (SSSR count). The van der Waals surface area contributed by atoms with Crippen LogP contribution in [0.5, 0.6) is 0 Å². The van der Waals surface area contributed by atoms with Crippen LogP contribution in [0.1, 0.15) is 5.56 Å². The molecule has 3 heteroatoms. The number of rotatable bonds is 2. The second-order valence-corrected chi connectivity index (χ2v) is 3.73. The molecular weight excluding hydrogens is 198 g/mol. The zero-order chi connectivity index (χ0) is 10.1. The number of carbonyl (C=O) groups is 1. The van der Waals surface area contributed by atoms with Crippen LogP contribution in [0.2, 0.25) is 5.02 Å². The zero-order valence-corrected chi connectivity index (χ0v) is 8.58. The first-order valence-corrected chi connectivity index (χ1v) is 4.77. The molecule has 0 unspecified atom stereocenters. The van der Waals surface area contributed by atoms with Crippen molar-refractivity contribution >= 4 is 28.8 Å². The third-order valence-corrected chi connectivity index (χ3v) is 2.57. The van der Waals surface area contributed by atoms with Crippen molar-refractivity contribution in [3.63, 3.8) is 0 Å². The first-order valence-electron chi connectivity index (χ1n) is 4.39. The normalized spacial score (nSPS) is 10.7. The molecule has 0 amide bonds. The molecule has 72 valence electrons. The van der Waals surface area contributed by atoms with Gasteiger partial charge in [0.25, 0.3) is 0 Å². The van der Waals surface area contributed by atoms with E-state index in [0.29, 0.717) is 11.4 Å². The van der Waals surface area contributed by atoms with E-state index in [4.69, 9.17) is 11.6 Å². The lowest BCUT2D eigenvalue weighted by atomic mass is 10.1. The second kappa shape index (κ2) is 3.46. The standard InChI is InChI=1S/C11H10ClNO/c1-13-7-8(4-5-14)10-6-9(12)2-3-11(10)13/h2-3,5-7H,4H2,1H3. The quantitative estimate of drug-likeness (QED) is 0.694. The highest BCUT2D eigenvalue weighted by Crippen LogP contribution is 2.24. The third kappa shape index (κ3) is 1.42. The van der Waals surface area contributed by atoms with Gasteiger partial charge in [-0.25, -0.2) is 0 Å². The summed E-state index contributed by atoms with van der Waals surface area (Å²) in [5.74, 6) is 0. The van der Waals surface area contributed by atoms with Gasteiger partial charge in [-0.05, 0) is 23.8 Å². The van der Waals surface area contributed by atoms with Gasteiger partial charge in [0.2, 0.25) is 0 Å². The van der Waals surface area contributed by atoms with Crippen LogP contribution in [-0.4, -0.2) is 10.9 Å². The fourth-order valence-corrected chi connectivity index (χ4v) is 1.87. The SMILES string of the molecule is Cn1cc(CC=O)c2cc(Cl)ccc21. The predicted molar refractivity (Wildman–Crippen MR) is 57.7 cm³/mol. The van der Waals surface area contributed by atoms with Crippen LogP contribution in [-0.2, 0) is 18.3 Å². The van der Waals surface area contributed by atoms with E-state index in [0.717, 1.165) is 22.8 Å². The van der Waals surface area contributed by atoms with Gasteiger partial charge in [0, 0.05) is 35.6 Å². The van der Waals surface area contributed by atoms with E-state index < -0.39 is 0 Å². The molecule has 0 aliphatic rings. The number of aromatic nitrogens is 1. The van der Waals surface area contributed by atoms with Crippen LogP contribution in [0.3, 0.4) is 0 Å². The minimum atomic E-state index is 0.442. The van der Waals surface area contributed by atoms with Crippen molar-refractivity contribution in [3.05, 3.63) is 35.0 Å². The van der Waals surface area contributed by atoms with Gasteiger partial charge < -0.3 is 9.36 Å². The predicted octanol–water partition coefficient (Wildman–Crippen LogP) is 2.57. The maximum atomic E-state index is 10.5. The number of aldehydes is 1. The van der Waals surface area contributed by atoms with Gasteiger partial charge in [0.05, 0.1) is 0 Å². The molecule has 1 heterocycles. The fourth-order valence-electron chi connectivity index (χ4n) is 1.70. The van der Waals surface area contributed by atoms with E-state index in [2.05, 4.69) is 0 Å². The van der Waals surface area contributed by atoms with Gasteiger partial charge in [0.1, 0.15) is 6.29 Å². The Kier molecular flexibility index (Phi) is 2.30. The Balaban J connectivity index is 2.72. The highest BCUT2D eigenvalue weighted by molar-refractivity contribution is 6.31. The van der Waals surface area contributed by atoms with Crippen molar-refractivity contribution in [2.75, 3.05) is 0 Å². The molecule has 0 saturated heterocycles. The molecule has 2 aromatic rings. The number of carbonyl (C=O) groups excluding carboxylic acids is 1. The minimum absolute atomic E-state index is 0.442. The molecule has 0 atom stereocenters. The second-order valence-electron chi connectivity index (χ2n) is 3.30. The smallest absolute Gasteiger partial charge is 0.124 e. The number of hydrogen-bond acceptors (Lipinski definition) is 1. The summed E-state index contributed by atoms with van der Waals surface area (Å²) in [5, 5.41) is 1.77. The van der Waals surface area contributed by atoms with Gasteiger partial charge in [-0.3, -0.25) is 0 Å². The summed E-state index contributed by atoms with van der Waals surface area (Å²) in [6.07, 6.45) is 3.32. The van der Waals surface area contributed by atoms with Crippen LogP contribution in [0, 0.1) is 0 Å². The molecule has 1 aromatic heterocycles. The van der Waals surface area contributed by atoms with Gasteiger partial charge >= 0.3 is 0 Å². The van der Waals surface area contributed by atoms with Crippen molar-refractivity contribution in [1.82, 2.24) is 4.57 Å². The van der Waals surface area contributed by atoms with Crippen molar-refractivity contribution in [1.29, 1.82) is 0 Å². The van der Waals surface area contributed by atoms with Gasteiger partial charge in [-0.15, -0.1) is 0 Å². The highest BCUT2D eigenvalue weighted by Gasteiger charge is 2.05. The zero-order valence-electron chi connectivity index (χ0n) is 7.83. The van der Waals surface area contributed by atoms with Crippen molar-refractivity contribution in [2.45, 2.75) is 6.42 Å². The van der Waals surface area contributed by atoms with Crippen LogP contribution < -0.4 is 0 Å². The first kappa shape index (κ1) is 9.28. The Labute approximate surface area is 87.1 Å². The van der Waals surface area contributed by atoms with E-state index in [1.54, 1.807) is 0 Å². The summed E-state index contributed by atoms with van der Waals surface area (Å²) in [7, 11) is 1.96. The maximum Gasteiger partial charge on any atom is 0.124 e. The van der Waals surface area contributed by atoms with Crippen LogP contribution in [0.15, 0.2) is 24.4 Å². The lowest BCUT2D eigenvalue weighted by Crippen LogP contribution is -1.83. The summed E-state index contributed by atoms with van der Waals surface area (Å²) >= 11 is 5.90. The molecule has 0 radical (unpaired) electrons. The van der Waals surface area contributed by atoms with E-state index in [1.807, 2.05) is 36.0 Å². The Morgan fingerprint density at radius 1 is 1.50 bits per heavy atom. The van der Waals surface area contributed by atoms with Gasteiger partial charge in [-0.1, -0.05) is 11.6 Å². The van der Waals surface area contributed by atoms with Crippen molar-refractivity contribution < 1.29 is 4.79 Å². The minimum Gasteiger partial charge on any atom is -0.350 e. The first-order chi connectivity index (χ1) is 6.72. The maximum absolute atomic E-state index is 10.5. The molecule has 1 aromatic carbocycles. The molecular formula is C11H10ClNO. The lowest BCUT2D eigenvalue weighted by Gasteiger charge is -1.95. The number of benzene rings is 1. The average Bonchev–Trinajstić information content (AvgIpc) is 2.44. The molecule has 0 N–H and O–H groups in total. The van der Waals surface area contributed by atoms with Crippen molar-refractivity contribution in [3.8, 4) is 0 Å². The van der Waals surface area contributed by atoms with E-state index in [-0.39, 0.29) is 0 Å². The lowest BCUT2D eigenvalue weighted by molar-refractivity contribution is -0.107. The number of nitrogens with zero attached hydrogens (tertiary/aromatic N) is 1. The van der Waals surface area contributed by atoms with E-state index in [9.17, 15) is 4.79 Å². The average molecular weight is 208 g/mol. The summed E-state index contributed by atoms with van der Waals surface area (Å²) < 4.78 is 2.00. The number of aryl methyl sites for hydroxylation is 1. The monoisotopic (exact) mass is 207 g/mol. The Hall–Kier alpha value is -1.28. The molecule has 0 spiro atoms. The van der Waals surface area contributed by atoms with Gasteiger partial charge in [-0.2, -0.15) is 0 Å². The number of hydrogen-bond donors (Lipinski definition) is 0. The summed E-state index contributed by atoms with van der Waals surface area (Å²) in [4.78, 5) is 10.5. The Bertz CT molecular complexity index is 487. The largest absolute Gasteiger partial charge is 0.350 e. The molecule has 0 bridgehead atoms. The highest BCUT2D eigenvalue weighted by atomic mass is 35.5. The number of halogens is 1. The van der Waals surface area contributed by atoms with Gasteiger partial charge in [0.15, 0.2) is 0 Å². The molecule has 0 aliphatic heterocycles. The fraction of sp³-hybridized carbons (Fsp3) is 0.182. The summed E-state index contributed by atoms with van der Waals surface area (Å²) in [6, 6.07) is 5.72. The number of fused-ring (bicyclic) bond motifs is 1. The van der Waals surface area contributed by atoms with E-state index >= 15 is 0 Å². The van der Waals surface area contributed by atoms with Crippen molar-refractivity contribution in [2.24, 2.45) is 7.05 Å². The molecule has 2 nitrogen and oxygen atoms in total. The van der Waals surface area contributed by atoms with Crippen LogP contribution in [0.4, 0.5) is 0 Å². The Morgan fingerprint density at radius 2 is 2.29 bits per heavy atom. The van der Waals surface area contributed by atoms with E-state index in [1.165, 1.54) is 0 Å². The summed E-state index contributed by atoms with van der Waals surface area (Å²) in [5.41, 5.74) is 2.13. The third-order valence-electron chi connectivity index (χ3n) is 2.34. The van der Waals surface area contributed by atoms with Crippen LogP contribution >= 0.6 is 11.6 Å². The van der Waals surface area contributed by atoms with Crippen LogP contribution in [0.25, 0.3) is 10.9 Å². The molecule has 0 saturated carbocycles. The summed E-state index contributed by atoms with van der Waals surface area (Å²) in [6.45, 7) is 0. The molecule has 14 heavy (non-hydrogen) atoms.